The number of rotatable bonds is 4. The molecule has 2 aromatic carbocycles. The molecule has 6 rings (SSSR count). The second-order valence-electron chi connectivity index (χ2n) is 11.8. The molecule has 1 saturated carbocycles. The van der Waals surface area contributed by atoms with E-state index in [9.17, 15) is 0 Å². The molecule has 0 saturated heterocycles. The van der Waals surface area contributed by atoms with Crippen molar-refractivity contribution in [2.24, 2.45) is 0 Å². The van der Waals surface area contributed by atoms with Crippen LogP contribution in [0.2, 0.25) is 18.6 Å². The topological polar surface area (TPSA) is 3.24 Å². The van der Waals surface area contributed by atoms with Gasteiger partial charge in [-0.25, -0.2) is 0 Å². The normalized spacial score (nSPS) is 26.2. The largest absolute Gasteiger partial charge is 0.334 e. The van der Waals surface area contributed by atoms with Crippen LogP contribution in [0, 0.1) is 0 Å². The van der Waals surface area contributed by atoms with Gasteiger partial charge in [0.05, 0.1) is 14.1 Å². The summed E-state index contributed by atoms with van der Waals surface area (Å²) in [6.07, 6.45) is 23.7. The molecule has 1 spiro atoms. The minimum atomic E-state index is -1.64. The van der Waals surface area contributed by atoms with E-state index in [2.05, 4.69) is 110 Å². The number of hydrogen-bond donors (Lipinski definition) is 0. The van der Waals surface area contributed by atoms with Gasteiger partial charge in [-0.1, -0.05) is 106 Å². The van der Waals surface area contributed by atoms with Gasteiger partial charge in [-0.2, -0.15) is 0 Å². The van der Waals surface area contributed by atoms with Crippen molar-refractivity contribution in [2.45, 2.75) is 75.5 Å². The smallest absolute Gasteiger partial charge is 0.0926 e. The Morgan fingerprint density at radius 3 is 2.64 bits per heavy atom. The quantitative estimate of drug-likeness (QED) is 0.306. The minimum Gasteiger partial charge on any atom is -0.334 e. The zero-order chi connectivity index (χ0) is 24.9. The van der Waals surface area contributed by atoms with E-state index in [1.807, 2.05) is 6.08 Å². The van der Waals surface area contributed by atoms with Gasteiger partial charge in [-0.3, -0.25) is 0 Å². The number of nitrogens with zero attached hydrogens (tertiary/aromatic N) is 1. The van der Waals surface area contributed by atoms with E-state index in [1.54, 1.807) is 10.8 Å². The molecule has 0 amide bonds. The molecule has 1 nitrogen and oxygen atoms in total. The molecule has 3 aliphatic carbocycles. The van der Waals surface area contributed by atoms with Crippen LogP contribution in [0.4, 0.5) is 11.4 Å². The molecule has 2 aromatic rings. The SMILES string of the molecule is C=CC(=CC=C1CC2(CCCC2)c2cc(N3c4ccccc4[Si](C)(C)C4C=CC=CC43)ccc21)CC. The molecule has 184 valence electrons. The third kappa shape index (κ3) is 3.56. The zero-order valence-corrected chi connectivity index (χ0v) is 23.1. The van der Waals surface area contributed by atoms with E-state index in [0.717, 1.165) is 6.42 Å². The van der Waals surface area contributed by atoms with Gasteiger partial charge in [0.2, 0.25) is 0 Å². The molecule has 0 bridgehead atoms. The van der Waals surface area contributed by atoms with Crippen molar-refractivity contribution in [1.82, 2.24) is 0 Å². The minimum absolute atomic E-state index is 0.316. The lowest BCUT2D eigenvalue weighted by Gasteiger charge is -2.50. The summed E-state index contributed by atoms with van der Waals surface area (Å²) in [7, 11) is -1.64. The van der Waals surface area contributed by atoms with Crippen molar-refractivity contribution in [3.05, 3.63) is 108 Å². The van der Waals surface area contributed by atoms with Crippen LogP contribution >= 0.6 is 0 Å². The van der Waals surface area contributed by atoms with Gasteiger partial charge in [0.25, 0.3) is 0 Å². The highest BCUT2D eigenvalue weighted by Gasteiger charge is 2.47. The molecular formula is C34H39NSi. The fraction of sp³-hybridized carbons (Fsp3) is 0.353. The molecule has 1 fully saturated rings. The fourth-order valence-electron chi connectivity index (χ4n) is 7.53. The van der Waals surface area contributed by atoms with Gasteiger partial charge in [-0.05, 0) is 71.3 Å². The Morgan fingerprint density at radius 1 is 1.08 bits per heavy atom. The summed E-state index contributed by atoms with van der Waals surface area (Å²) in [5.74, 6) is 0. The first-order valence-electron chi connectivity index (χ1n) is 13.9. The number of para-hydroxylation sites is 1. The summed E-state index contributed by atoms with van der Waals surface area (Å²) in [4.78, 5) is 2.66. The Morgan fingerprint density at radius 2 is 1.86 bits per heavy atom. The Hall–Kier alpha value is -2.84. The predicted octanol–water partition coefficient (Wildman–Crippen LogP) is 8.74. The van der Waals surface area contributed by atoms with Crippen LogP contribution in [0.1, 0.15) is 56.6 Å². The van der Waals surface area contributed by atoms with Crippen LogP contribution in [-0.2, 0) is 5.41 Å². The van der Waals surface area contributed by atoms with Crippen LogP contribution in [-0.4, -0.2) is 14.1 Å². The maximum atomic E-state index is 4.01. The molecular weight excluding hydrogens is 450 g/mol. The average molecular weight is 490 g/mol. The molecule has 36 heavy (non-hydrogen) atoms. The van der Waals surface area contributed by atoms with Crippen LogP contribution in [0.3, 0.4) is 0 Å². The number of hydrogen-bond acceptors (Lipinski definition) is 1. The zero-order valence-electron chi connectivity index (χ0n) is 22.1. The number of fused-ring (bicyclic) bond motifs is 4. The summed E-state index contributed by atoms with van der Waals surface area (Å²) < 4.78 is 0. The van der Waals surface area contributed by atoms with E-state index >= 15 is 0 Å². The summed E-state index contributed by atoms with van der Waals surface area (Å²) in [5, 5.41) is 1.59. The van der Waals surface area contributed by atoms with Crippen molar-refractivity contribution in [3.8, 4) is 0 Å². The average Bonchev–Trinajstić information content (AvgIpc) is 3.50. The molecule has 4 aliphatic rings. The first-order chi connectivity index (χ1) is 17.5. The van der Waals surface area contributed by atoms with Crippen LogP contribution in [0.15, 0.2) is 97.1 Å². The van der Waals surface area contributed by atoms with Crippen molar-refractivity contribution < 1.29 is 0 Å². The molecule has 2 atom stereocenters. The van der Waals surface area contributed by atoms with Gasteiger partial charge in [0.1, 0.15) is 0 Å². The standard InChI is InChI=1S/C34H39NSi/c1-5-25(6-2)17-18-26-24-34(21-11-12-22-34)29-23-27(19-20-28(26)29)35-30-13-7-9-15-32(30)36(3,4)33-16-10-8-14-31(33)35/h5,7-10,13-20,23,30,32H,1,6,11-12,21-22,24H2,2-4H3. The fourth-order valence-corrected chi connectivity index (χ4v) is 11.0. The lowest BCUT2D eigenvalue weighted by molar-refractivity contribution is 0.469. The number of allylic oxidation sites excluding steroid dienone is 7. The lowest BCUT2D eigenvalue weighted by atomic mass is 9.80. The molecule has 0 N–H and O–H groups in total. The van der Waals surface area contributed by atoms with Crippen LogP contribution in [0.5, 0.6) is 0 Å². The van der Waals surface area contributed by atoms with E-state index in [1.165, 1.54) is 60.2 Å². The third-order valence-corrected chi connectivity index (χ3v) is 13.6. The van der Waals surface area contributed by atoms with Crippen LogP contribution in [0.25, 0.3) is 5.57 Å². The number of benzene rings is 2. The van der Waals surface area contributed by atoms with Gasteiger partial charge in [0, 0.05) is 22.3 Å². The summed E-state index contributed by atoms with van der Waals surface area (Å²) in [6, 6.07) is 17.0. The summed E-state index contributed by atoms with van der Waals surface area (Å²) in [6.45, 7) is 11.3. The summed E-state index contributed by atoms with van der Waals surface area (Å²) in [5.41, 5.74) is 9.59. The maximum Gasteiger partial charge on any atom is 0.0926 e. The van der Waals surface area contributed by atoms with Crippen molar-refractivity contribution in [3.63, 3.8) is 0 Å². The molecule has 1 aliphatic heterocycles. The summed E-state index contributed by atoms with van der Waals surface area (Å²) >= 11 is 0. The second kappa shape index (κ2) is 8.92. The van der Waals surface area contributed by atoms with Crippen molar-refractivity contribution in [2.75, 3.05) is 4.90 Å². The first kappa shape index (κ1) is 23.5. The predicted molar refractivity (Wildman–Crippen MR) is 159 cm³/mol. The van der Waals surface area contributed by atoms with Gasteiger partial charge in [0.15, 0.2) is 0 Å². The maximum absolute atomic E-state index is 4.01. The molecule has 2 unspecified atom stereocenters. The van der Waals surface area contributed by atoms with E-state index in [4.69, 9.17) is 0 Å². The molecule has 1 heterocycles. The highest BCUT2D eigenvalue weighted by atomic mass is 28.3. The first-order valence-corrected chi connectivity index (χ1v) is 17.0. The third-order valence-electron chi connectivity index (χ3n) is 9.55. The van der Waals surface area contributed by atoms with E-state index in [0.29, 0.717) is 17.0 Å². The van der Waals surface area contributed by atoms with E-state index in [-0.39, 0.29) is 0 Å². The Bertz CT molecular complexity index is 1310. The Labute approximate surface area is 218 Å². The van der Waals surface area contributed by atoms with Crippen LogP contribution < -0.4 is 10.1 Å². The number of anilines is 2. The van der Waals surface area contributed by atoms with Gasteiger partial charge in [-0.15, -0.1) is 0 Å². The highest BCUT2D eigenvalue weighted by Crippen LogP contribution is 2.56. The van der Waals surface area contributed by atoms with Gasteiger partial charge < -0.3 is 4.90 Å². The van der Waals surface area contributed by atoms with Crippen molar-refractivity contribution in [1.29, 1.82) is 0 Å². The second-order valence-corrected chi connectivity index (χ2v) is 16.4. The van der Waals surface area contributed by atoms with Gasteiger partial charge >= 0.3 is 0 Å². The van der Waals surface area contributed by atoms with E-state index < -0.39 is 8.07 Å². The monoisotopic (exact) mass is 489 g/mol. The Balaban J connectivity index is 1.50. The molecule has 0 aromatic heterocycles. The Kier molecular flexibility index (Phi) is 5.84. The molecule has 0 radical (unpaired) electrons. The van der Waals surface area contributed by atoms with Crippen molar-refractivity contribution >= 4 is 30.2 Å². The molecule has 2 heteroatoms. The lowest BCUT2D eigenvalue weighted by Crippen LogP contribution is -2.59. The highest BCUT2D eigenvalue weighted by molar-refractivity contribution is 6.93.